The summed E-state index contributed by atoms with van der Waals surface area (Å²) in [5, 5.41) is 10.8. The lowest BCUT2D eigenvalue weighted by Gasteiger charge is -2.46. The number of ether oxygens (including phenoxy) is 3. The van der Waals surface area contributed by atoms with Gasteiger partial charge in [0.05, 0.1) is 5.92 Å². The summed E-state index contributed by atoms with van der Waals surface area (Å²) >= 11 is 0. The Balaban J connectivity index is 1.77. The first-order chi connectivity index (χ1) is 19.3. The summed E-state index contributed by atoms with van der Waals surface area (Å²) in [7, 11) is 0. The first kappa shape index (κ1) is 35.8. The Morgan fingerprint density at radius 1 is 0.512 bits per heavy atom. The Labute approximate surface area is 260 Å². The van der Waals surface area contributed by atoms with Crippen molar-refractivity contribution in [3.05, 3.63) is 0 Å². The minimum Gasteiger partial charge on any atom is -0.462 e. The summed E-state index contributed by atoms with van der Waals surface area (Å²) in [6.07, 6.45) is 2.88. The zero-order valence-corrected chi connectivity index (χ0v) is 29.3. The Hall–Kier alpha value is -1.71. The Kier molecular flexibility index (Phi) is 10.2. The molecular formula is C34H61N3O6. The summed E-state index contributed by atoms with van der Waals surface area (Å²) in [4.78, 5) is 40.9. The van der Waals surface area contributed by atoms with Gasteiger partial charge in [0, 0.05) is 71.8 Å². The second-order valence-corrected chi connectivity index (χ2v) is 17.8. The molecule has 0 spiro atoms. The van der Waals surface area contributed by atoms with Crippen LogP contribution in [0.2, 0.25) is 0 Å². The van der Waals surface area contributed by atoms with Gasteiger partial charge in [-0.1, -0.05) is 6.92 Å². The minimum atomic E-state index is -1.22. The molecule has 3 N–H and O–H groups in total. The molecule has 0 radical (unpaired) electrons. The molecule has 3 fully saturated rings. The fourth-order valence-corrected chi connectivity index (χ4v) is 8.45. The molecule has 0 aliphatic carbocycles. The predicted molar refractivity (Wildman–Crippen MR) is 168 cm³/mol. The van der Waals surface area contributed by atoms with Crippen molar-refractivity contribution in [1.29, 1.82) is 0 Å². The van der Waals surface area contributed by atoms with Crippen LogP contribution in [-0.2, 0) is 28.6 Å². The molecule has 43 heavy (non-hydrogen) atoms. The maximum absolute atomic E-state index is 13.8. The van der Waals surface area contributed by atoms with Crippen LogP contribution in [-0.4, -0.2) is 69.5 Å². The topological polar surface area (TPSA) is 115 Å². The highest BCUT2D eigenvalue weighted by Crippen LogP contribution is 2.35. The van der Waals surface area contributed by atoms with Gasteiger partial charge in [-0.3, -0.25) is 14.4 Å². The molecule has 3 heterocycles. The van der Waals surface area contributed by atoms with Gasteiger partial charge in [-0.25, -0.2) is 0 Å². The molecule has 0 aromatic carbocycles. The second-order valence-electron chi connectivity index (χ2n) is 17.8. The fourth-order valence-electron chi connectivity index (χ4n) is 8.45. The number of rotatable bonds is 8. The van der Waals surface area contributed by atoms with Gasteiger partial charge in [-0.2, -0.15) is 0 Å². The third-order valence-corrected chi connectivity index (χ3v) is 8.87. The number of esters is 3. The summed E-state index contributed by atoms with van der Waals surface area (Å²) in [6, 6.07) is 0. The van der Waals surface area contributed by atoms with Crippen LogP contribution in [0.25, 0.3) is 0 Å². The lowest BCUT2D eigenvalue weighted by molar-refractivity contribution is -0.173. The number of piperidine rings is 3. The molecule has 9 nitrogen and oxygen atoms in total. The molecule has 1 unspecified atom stereocenters. The maximum Gasteiger partial charge on any atom is 0.320 e. The highest BCUT2D eigenvalue weighted by atomic mass is 16.6. The van der Waals surface area contributed by atoms with Gasteiger partial charge in [-0.15, -0.1) is 0 Å². The number of carbonyl (C=O) groups is 3. The van der Waals surface area contributed by atoms with Crippen LogP contribution >= 0.6 is 0 Å². The van der Waals surface area contributed by atoms with Crippen molar-refractivity contribution in [2.45, 2.75) is 186 Å². The van der Waals surface area contributed by atoms with E-state index in [0.29, 0.717) is 38.5 Å². The van der Waals surface area contributed by atoms with E-state index in [9.17, 15) is 14.4 Å². The maximum atomic E-state index is 13.8. The van der Waals surface area contributed by atoms with Crippen LogP contribution in [0.5, 0.6) is 0 Å². The molecule has 3 aliphatic rings. The highest BCUT2D eigenvalue weighted by molar-refractivity contribution is 5.95. The monoisotopic (exact) mass is 607 g/mol. The molecule has 0 aromatic heterocycles. The van der Waals surface area contributed by atoms with Crippen LogP contribution in [0.15, 0.2) is 0 Å². The van der Waals surface area contributed by atoms with E-state index in [-0.39, 0.29) is 58.0 Å². The molecule has 0 amide bonds. The lowest BCUT2D eigenvalue weighted by Crippen LogP contribution is -2.60. The average molecular weight is 608 g/mol. The number of carbonyl (C=O) groups excluding carboxylic acids is 3. The van der Waals surface area contributed by atoms with Crippen LogP contribution < -0.4 is 16.0 Å². The fraction of sp³-hybridized carbons (Fsp3) is 0.912. The molecule has 3 saturated heterocycles. The summed E-state index contributed by atoms with van der Waals surface area (Å²) in [5.41, 5.74) is -1.30. The molecule has 248 valence electrons. The molecule has 0 aromatic rings. The van der Waals surface area contributed by atoms with Crippen molar-refractivity contribution in [1.82, 2.24) is 16.0 Å². The van der Waals surface area contributed by atoms with Crippen LogP contribution in [0.4, 0.5) is 0 Å². The zero-order valence-electron chi connectivity index (χ0n) is 29.3. The quantitative estimate of drug-likeness (QED) is 0.195. The molecule has 3 aliphatic heterocycles. The van der Waals surface area contributed by atoms with Gasteiger partial charge in [0.15, 0.2) is 5.92 Å². The van der Waals surface area contributed by atoms with Crippen LogP contribution in [0.1, 0.15) is 135 Å². The van der Waals surface area contributed by atoms with E-state index in [1.165, 1.54) is 0 Å². The third-order valence-electron chi connectivity index (χ3n) is 8.87. The molecule has 1 atom stereocenters. The van der Waals surface area contributed by atoms with E-state index in [2.05, 4.69) is 99.0 Å². The molecule has 0 bridgehead atoms. The van der Waals surface area contributed by atoms with Crippen molar-refractivity contribution < 1.29 is 28.6 Å². The van der Waals surface area contributed by atoms with Crippen molar-refractivity contribution in [2.75, 3.05) is 0 Å². The van der Waals surface area contributed by atoms with Crippen LogP contribution in [0, 0.1) is 11.8 Å². The minimum absolute atomic E-state index is 0.0240. The van der Waals surface area contributed by atoms with Gasteiger partial charge >= 0.3 is 17.9 Å². The van der Waals surface area contributed by atoms with Crippen molar-refractivity contribution >= 4 is 17.9 Å². The van der Waals surface area contributed by atoms with E-state index >= 15 is 0 Å². The largest absolute Gasteiger partial charge is 0.462 e. The zero-order chi connectivity index (χ0) is 32.8. The average Bonchev–Trinajstić information content (AvgIpc) is 2.69. The molecule has 0 saturated carbocycles. The van der Waals surface area contributed by atoms with Crippen molar-refractivity contribution in [3.63, 3.8) is 0 Å². The third kappa shape index (κ3) is 10.7. The molecular weight excluding hydrogens is 546 g/mol. The number of hydrogen-bond acceptors (Lipinski definition) is 9. The predicted octanol–water partition coefficient (Wildman–Crippen LogP) is 5.19. The van der Waals surface area contributed by atoms with Crippen LogP contribution in [0.3, 0.4) is 0 Å². The first-order valence-corrected chi connectivity index (χ1v) is 16.3. The molecule has 3 rings (SSSR count). The van der Waals surface area contributed by atoms with E-state index < -0.39 is 29.7 Å². The van der Waals surface area contributed by atoms with Gasteiger partial charge in [0.1, 0.15) is 18.3 Å². The first-order valence-electron chi connectivity index (χ1n) is 16.3. The van der Waals surface area contributed by atoms with Crippen molar-refractivity contribution in [3.8, 4) is 0 Å². The summed E-state index contributed by atoms with van der Waals surface area (Å²) in [6.45, 7) is 26.8. The van der Waals surface area contributed by atoms with Gasteiger partial charge in [0.25, 0.3) is 0 Å². The molecule has 9 heteroatoms. The standard InChI is InChI=1S/C34H61N3O6/c1-21(26(38)41-22-15-29(2,3)35-30(4,5)16-22)14-25(27(39)42-23-17-31(6,7)36-32(8,9)18-23)28(40)43-24-19-33(10,11)37-34(12,13)20-24/h21-25,35-37H,14-20H2,1-13H3. The van der Waals surface area contributed by atoms with E-state index in [1.54, 1.807) is 6.92 Å². The normalized spacial score (nSPS) is 27.2. The van der Waals surface area contributed by atoms with Gasteiger partial charge in [-0.05, 0) is 89.5 Å². The van der Waals surface area contributed by atoms with Gasteiger partial charge in [0.2, 0.25) is 0 Å². The van der Waals surface area contributed by atoms with E-state index in [0.717, 1.165) is 0 Å². The Bertz CT molecular complexity index is 947. The summed E-state index contributed by atoms with van der Waals surface area (Å²) in [5.74, 6) is -3.56. The SMILES string of the molecule is CC(CC(C(=O)OC1CC(C)(C)NC(C)(C)C1)C(=O)OC1CC(C)(C)NC(C)(C)C1)C(=O)OC1CC(C)(C)NC(C)(C)C1. The van der Waals surface area contributed by atoms with Gasteiger partial charge < -0.3 is 30.2 Å². The number of nitrogens with one attached hydrogen (secondary N) is 3. The Morgan fingerprint density at radius 2 is 0.744 bits per heavy atom. The second kappa shape index (κ2) is 12.2. The smallest absolute Gasteiger partial charge is 0.320 e. The number of hydrogen-bond donors (Lipinski definition) is 3. The van der Waals surface area contributed by atoms with E-state index in [4.69, 9.17) is 14.2 Å². The Morgan fingerprint density at radius 3 is 1.00 bits per heavy atom. The lowest BCUT2D eigenvalue weighted by atomic mass is 9.80. The van der Waals surface area contributed by atoms with E-state index in [1.807, 2.05) is 0 Å². The van der Waals surface area contributed by atoms with Crippen molar-refractivity contribution in [2.24, 2.45) is 11.8 Å². The summed E-state index contributed by atoms with van der Waals surface area (Å²) < 4.78 is 18.1. The highest BCUT2D eigenvalue weighted by Gasteiger charge is 2.45.